The average molecular weight is 294 g/mol. The van der Waals surface area contributed by atoms with Crippen molar-refractivity contribution in [1.29, 1.82) is 0 Å². The fourth-order valence-corrected chi connectivity index (χ4v) is 4.80. The summed E-state index contributed by atoms with van der Waals surface area (Å²) in [5.74, 6) is 0. The van der Waals surface area contributed by atoms with Crippen LogP contribution in [0.3, 0.4) is 0 Å². The number of rotatable bonds is 4. The van der Waals surface area contributed by atoms with Gasteiger partial charge >= 0.3 is 0 Å². The Morgan fingerprint density at radius 1 is 1.10 bits per heavy atom. The summed E-state index contributed by atoms with van der Waals surface area (Å²) in [6.45, 7) is 9.33. The monoisotopic (exact) mass is 294 g/mol. The molecule has 2 saturated heterocycles. The maximum atomic E-state index is 6.57. The standard InChI is InChI=1S/C18H34N2O/c1-3-17(4-2)15-20(13-12-19-17)14-16-8-11-18(21-16)9-6-5-7-10-18/h16,19H,3-15H2,1-2H3. The average Bonchev–Trinajstić information content (AvgIpc) is 2.90. The molecule has 0 bridgehead atoms. The molecule has 122 valence electrons. The Labute approximate surface area is 130 Å². The Morgan fingerprint density at radius 2 is 1.86 bits per heavy atom. The SMILES string of the molecule is CCC1(CC)CN(CC2CCC3(CCCCC3)O2)CCN1. The minimum absolute atomic E-state index is 0.281. The number of nitrogens with zero attached hydrogens (tertiary/aromatic N) is 1. The summed E-state index contributed by atoms with van der Waals surface area (Å²) >= 11 is 0. The molecule has 0 aromatic rings. The topological polar surface area (TPSA) is 24.5 Å². The summed E-state index contributed by atoms with van der Waals surface area (Å²) in [7, 11) is 0. The van der Waals surface area contributed by atoms with Crippen molar-refractivity contribution >= 4 is 0 Å². The van der Waals surface area contributed by atoms with E-state index in [4.69, 9.17) is 4.74 Å². The lowest BCUT2D eigenvalue weighted by molar-refractivity contribution is -0.0751. The Morgan fingerprint density at radius 3 is 2.57 bits per heavy atom. The minimum Gasteiger partial charge on any atom is -0.370 e. The smallest absolute Gasteiger partial charge is 0.0710 e. The van der Waals surface area contributed by atoms with Crippen LogP contribution in [0.15, 0.2) is 0 Å². The van der Waals surface area contributed by atoms with Crippen LogP contribution < -0.4 is 5.32 Å². The van der Waals surface area contributed by atoms with E-state index in [-0.39, 0.29) is 5.60 Å². The Kier molecular flexibility index (Phi) is 4.92. The molecular weight excluding hydrogens is 260 g/mol. The first kappa shape index (κ1) is 15.8. The normalized spacial score (nSPS) is 32.6. The molecule has 3 nitrogen and oxygen atoms in total. The van der Waals surface area contributed by atoms with Gasteiger partial charge in [-0.25, -0.2) is 0 Å². The van der Waals surface area contributed by atoms with Gasteiger partial charge in [-0.3, -0.25) is 4.90 Å². The summed E-state index contributed by atoms with van der Waals surface area (Å²) in [5.41, 5.74) is 0.628. The molecule has 1 N–H and O–H groups in total. The zero-order valence-electron chi connectivity index (χ0n) is 14.1. The molecule has 2 aliphatic heterocycles. The van der Waals surface area contributed by atoms with Crippen molar-refractivity contribution in [1.82, 2.24) is 10.2 Å². The van der Waals surface area contributed by atoms with Crippen LogP contribution >= 0.6 is 0 Å². The summed E-state index contributed by atoms with van der Waals surface area (Å²) in [5, 5.41) is 3.76. The second-order valence-electron chi connectivity index (χ2n) is 7.67. The first-order valence-corrected chi connectivity index (χ1v) is 9.34. The third-order valence-corrected chi connectivity index (χ3v) is 6.37. The highest BCUT2D eigenvalue weighted by molar-refractivity contribution is 4.96. The lowest BCUT2D eigenvalue weighted by Gasteiger charge is -2.44. The van der Waals surface area contributed by atoms with Crippen molar-refractivity contribution in [3.63, 3.8) is 0 Å². The van der Waals surface area contributed by atoms with E-state index in [2.05, 4.69) is 24.1 Å². The van der Waals surface area contributed by atoms with Gasteiger partial charge in [0.25, 0.3) is 0 Å². The van der Waals surface area contributed by atoms with Gasteiger partial charge < -0.3 is 10.1 Å². The van der Waals surface area contributed by atoms with Crippen LogP contribution in [0.2, 0.25) is 0 Å². The summed E-state index contributed by atoms with van der Waals surface area (Å²) < 4.78 is 6.57. The van der Waals surface area contributed by atoms with Crippen LogP contribution in [0, 0.1) is 0 Å². The van der Waals surface area contributed by atoms with Gasteiger partial charge in [0.05, 0.1) is 11.7 Å². The number of hydrogen-bond acceptors (Lipinski definition) is 3. The maximum Gasteiger partial charge on any atom is 0.0710 e. The van der Waals surface area contributed by atoms with Gasteiger partial charge in [0.1, 0.15) is 0 Å². The molecule has 1 spiro atoms. The molecule has 0 aromatic heterocycles. The molecule has 1 atom stereocenters. The molecule has 3 rings (SSSR count). The van der Waals surface area contributed by atoms with Crippen molar-refractivity contribution < 1.29 is 4.74 Å². The molecule has 1 aliphatic carbocycles. The Hall–Kier alpha value is -0.120. The fourth-order valence-electron chi connectivity index (χ4n) is 4.80. The predicted octanol–water partition coefficient (Wildman–Crippen LogP) is 3.33. The molecule has 1 saturated carbocycles. The maximum absolute atomic E-state index is 6.57. The molecular formula is C18H34N2O. The second-order valence-corrected chi connectivity index (χ2v) is 7.67. The van der Waals surface area contributed by atoms with Gasteiger partial charge in [-0.2, -0.15) is 0 Å². The highest BCUT2D eigenvalue weighted by Crippen LogP contribution is 2.42. The van der Waals surface area contributed by atoms with E-state index in [0.717, 1.165) is 13.1 Å². The van der Waals surface area contributed by atoms with Crippen molar-refractivity contribution in [2.45, 2.75) is 88.9 Å². The molecule has 0 amide bonds. The largest absolute Gasteiger partial charge is 0.370 e. The molecule has 21 heavy (non-hydrogen) atoms. The van der Waals surface area contributed by atoms with Gasteiger partial charge in [0.15, 0.2) is 0 Å². The summed E-state index contributed by atoms with van der Waals surface area (Å²) in [6.07, 6.45) is 12.4. The highest BCUT2D eigenvalue weighted by atomic mass is 16.5. The molecule has 3 fully saturated rings. The van der Waals surface area contributed by atoms with Gasteiger partial charge in [-0.1, -0.05) is 33.1 Å². The quantitative estimate of drug-likeness (QED) is 0.861. The van der Waals surface area contributed by atoms with Crippen molar-refractivity contribution in [2.75, 3.05) is 26.2 Å². The third-order valence-electron chi connectivity index (χ3n) is 6.37. The van der Waals surface area contributed by atoms with Gasteiger partial charge in [0.2, 0.25) is 0 Å². The number of ether oxygens (including phenoxy) is 1. The lowest BCUT2D eigenvalue weighted by Crippen LogP contribution is -2.60. The number of nitrogens with one attached hydrogen (secondary N) is 1. The van der Waals surface area contributed by atoms with Crippen LogP contribution in [-0.4, -0.2) is 48.3 Å². The first-order valence-electron chi connectivity index (χ1n) is 9.34. The number of piperazine rings is 1. The summed E-state index contributed by atoms with van der Waals surface area (Å²) in [6, 6.07) is 0. The molecule has 0 radical (unpaired) electrons. The van der Waals surface area contributed by atoms with E-state index in [1.165, 1.54) is 70.9 Å². The van der Waals surface area contributed by atoms with Gasteiger partial charge in [0, 0.05) is 31.7 Å². The van der Waals surface area contributed by atoms with E-state index in [0.29, 0.717) is 11.6 Å². The molecule has 3 aliphatic rings. The van der Waals surface area contributed by atoms with E-state index in [1.807, 2.05) is 0 Å². The van der Waals surface area contributed by atoms with E-state index < -0.39 is 0 Å². The van der Waals surface area contributed by atoms with Crippen LogP contribution in [0.4, 0.5) is 0 Å². The van der Waals surface area contributed by atoms with Crippen LogP contribution in [0.5, 0.6) is 0 Å². The van der Waals surface area contributed by atoms with Gasteiger partial charge in [-0.05, 0) is 38.5 Å². The third kappa shape index (κ3) is 3.46. The summed E-state index contributed by atoms with van der Waals surface area (Å²) in [4.78, 5) is 2.66. The minimum atomic E-state index is 0.281. The van der Waals surface area contributed by atoms with Crippen molar-refractivity contribution in [2.24, 2.45) is 0 Å². The van der Waals surface area contributed by atoms with E-state index in [1.54, 1.807) is 0 Å². The van der Waals surface area contributed by atoms with Crippen LogP contribution in [-0.2, 0) is 4.74 Å². The Balaban J connectivity index is 1.53. The molecule has 0 aromatic carbocycles. The second kappa shape index (κ2) is 6.55. The van der Waals surface area contributed by atoms with Gasteiger partial charge in [-0.15, -0.1) is 0 Å². The van der Waals surface area contributed by atoms with Crippen molar-refractivity contribution in [3.05, 3.63) is 0 Å². The fraction of sp³-hybridized carbons (Fsp3) is 1.00. The molecule has 3 heteroatoms. The van der Waals surface area contributed by atoms with E-state index >= 15 is 0 Å². The zero-order chi connectivity index (χ0) is 14.8. The molecule has 2 heterocycles. The van der Waals surface area contributed by atoms with E-state index in [9.17, 15) is 0 Å². The predicted molar refractivity (Wildman–Crippen MR) is 87.7 cm³/mol. The van der Waals surface area contributed by atoms with Crippen LogP contribution in [0.25, 0.3) is 0 Å². The zero-order valence-corrected chi connectivity index (χ0v) is 14.1. The molecule has 1 unspecified atom stereocenters. The Bertz CT molecular complexity index is 334. The first-order chi connectivity index (χ1) is 10.2. The highest BCUT2D eigenvalue weighted by Gasteiger charge is 2.42. The van der Waals surface area contributed by atoms with Crippen molar-refractivity contribution in [3.8, 4) is 0 Å². The lowest BCUT2D eigenvalue weighted by atomic mass is 9.83. The number of hydrogen-bond donors (Lipinski definition) is 1. The van der Waals surface area contributed by atoms with Crippen LogP contribution in [0.1, 0.15) is 71.6 Å².